The highest BCUT2D eigenvalue weighted by molar-refractivity contribution is 5.98. The molecule has 3 atom stereocenters. The van der Waals surface area contributed by atoms with Crippen molar-refractivity contribution in [1.82, 2.24) is 20.4 Å². The zero-order valence-electron chi connectivity index (χ0n) is 10.6. The highest BCUT2D eigenvalue weighted by atomic mass is 16.1. The van der Waals surface area contributed by atoms with E-state index in [0.29, 0.717) is 17.5 Å². The van der Waals surface area contributed by atoms with Crippen LogP contribution in [0, 0.1) is 5.92 Å². The Morgan fingerprint density at radius 1 is 1.42 bits per heavy atom. The Morgan fingerprint density at radius 3 is 3.16 bits per heavy atom. The van der Waals surface area contributed by atoms with E-state index in [1.165, 1.54) is 13.0 Å². The van der Waals surface area contributed by atoms with Crippen molar-refractivity contribution in [3.05, 3.63) is 30.0 Å². The van der Waals surface area contributed by atoms with Gasteiger partial charge in [-0.3, -0.25) is 9.89 Å². The van der Waals surface area contributed by atoms with Crippen LogP contribution in [0.15, 0.2) is 24.4 Å². The molecule has 5 heteroatoms. The fraction of sp³-hybridized carbons (Fsp3) is 0.429. The lowest BCUT2D eigenvalue weighted by Gasteiger charge is -2.23. The van der Waals surface area contributed by atoms with Gasteiger partial charge in [0.2, 0.25) is 0 Å². The maximum Gasteiger partial charge on any atom is 0.251 e. The Balaban J connectivity index is 1.53. The summed E-state index contributed by atoms with van der Waals surface area (Å²) < 4.78 is 0. The van der Waals surface area contributed by atoms with Gasteiger partial charge in [-0.05, 0) is 37.1 Å². The molecule has 1 aromatic carbocycles. The first kappa shape index (κ1) is 11.0. The second kappa shape index (κ2) is 4.06. The predicted octanol–water partition coefficient (Wildman–Crippen LogP) is 0.997. The molecule has 0 saturated carbocycles. The van der Waals surface area contributed by atoms with E-state index in [2.05, 4.69) is 20.4 Å². The van der Waals surface area contributed by atoms with E-state index in [1.54, 1.807) is 6.20 Å². The largest absolute Gasteiger partial charge is 0.348 e. The number of rotatable bonds is 2. The molecule has 2 bridgehead atoms. The molecule has 19 heavy (non-hydrogen) atoms. The number of H-pyrrole nitrogens is 1. The molecule has 2 N–H and O–H groups in total. The molecule has 0 aliphatic carbocycles. The standard InChI is InChI=1S/C14H16N4O/c19-14(16-13-8-18-4-3-10(13)7-18)9-1-2-12-11(5-9)6-15-17-12/h1-2,5-6,10,13H,3-4,7-8H2,(H,15,17)(H,16,19). The van der Waals surface area contributed by atoms with Gasteiger partial charge in [-0.1, -0.05) is 0 Å². The van der Waals surface area contributed by atoms with Crippen LogP contribution in [-0.4, -0.2) is 46.7 Å². The molecule has 3 heterocycles. The van der Waals surface area contributed by atoms with Gasteiger partial charge < -0.3 is 10.2 Å². The van der Waals surface area contributed by atoms with Crippen LogP contribution in [0.3, 0.4) is 0 Å². The minimum absolute atomic E-state index is 0.0295. The molecule has 0 radical (unpaired) electrons. The van der Waals surface area contributed by atoms with Gasteiger partial charge in [0.25, 0.3) is 5.91 Å². The van der Waals surface area contributed by atoms with Gasteiger partial charge in [0, 0.05) is 30.1 Å². The van der Waals surface area contributed by atoms with Crippen LogP contribution in [0.1, 0.15) is 16.8 Å². The van der Waals surface area contributed by atoms with E-state index < -0.39 is 0 Å². The SMILES string of the molecule is O=C(NC1CN2CCC1C2)c1ccc2[nH]ncc2c1. The Kier molecular flexibility index (Phi) is 2.35. The van der Waals surface area contributed by atoms with Crippen molar-refractivity contribution in [2.24, 2.45) is 5.92 Å². The Bertz CT molecular complexity index is 635. The summed E-state index contributed by atoms with van der Waals surface area (Å²) in [6.07, 6.45) is 2.96. The Morgan fingerprint density at radius 2 is 2.37 bits per heavy atom. The number of aromatic amines is 1. The lowest BCUT2D eigenvalue weighted by Crippen LogP contribution is -2.43. The zero-order chi connectivity index (χ0) is 12.8. The molecular formula is C14H16N4O. The number of carbonyl (C=O) groups is 1. The van der Waals surface area contributed by atoms with Crippen LogP contribution in [0.2, 0.25) is 0 Å². The summed E-state index contributed by atoms with van der Waals surface area (Å²) in [5, 5.41) is 11.0. The van der Waals surface area contributed by atoms with Crippen LogP contribution in [0.5, 0.6) is 0 Å². The van der Waals surface area contributed by atoms with Gasteiger partial charge in [-0.15, -0.1) is 0 Å². The quantitative estimate of drug-likeness (QED) is 0.842. The van der Waals surface area contributed by atoms with Gasteiger partial charge in [0.1, 0.15) is 0 Å². The van der Waals surface area contributed by atoms with Crippen LogP contribution in [0.4, 0.5) is 0 Å². The topological polar surface area (TPSA) is 61.0 Å². The monoisotopic (exact) mass is 256 g/mol. The summed E-state index contributed by atoms with van der Waals surface area (Å²) in [7, 11) is 0. The first-order valence-corrected chi connectivity index (χ1v) is 6.76. The van der Waals surface area contributed by atoms with Gasteiger partial charge in [0.15, 0.2) is 0 Å². The molecule has 3 unspecified atom stereocenters. The second-order valence-electron chi connectivity index (χ2n) is 5.56. The summed E-state index contributed by atoms with van der Waals surface area (Å²) in [6.45, 7) is 3.34. The second-order valence-corrected chi connectivity index (χ2v) is 5.56. The Labute approximate surface area is 111 Å². The van der Waals surface area contributed by atoms with Gasteiger partial charge in [-0.25, -0.2) is 0 Å². The number of hydrogen-bond acceptors (Lipinski definition) is 3. The molecule has 0 spiro atoms. The van der Waals surface area contributed by atoms with Crippen LogP contribution < -0.4 is 5.32 Å². The smallest absolute Gasteiger partial charge is 0.251 e. The number of carbonyl (C=O) groups excluding carboxylic acids is 1. The number of amides is 1. The summed E-state index contributed by atoms with van der Waals surface area (Å²) in [6, 6.07) is 5.97. The third-order valence-electron chi connectivity index (χ3n) is 4.35. The maximum absolute atomic E-state index is 12.3. The van der Waals surface area contributed by atoms with Crippen LogP contribution in [0.25, 0.3) is 10.9 Å². The van der Waals surface area contributed by atoms with E-state index >= 15 is 0 Å². The van der Waals surface area contributed by atoms with Gasteiger partial charge in [-0.2, -0.15) is 5.10 Å². The molecule has 1 aromatic heterocycles. The maximum atomic E-state index is 12.3. The van der Waals surface area contributed by atoms with Crippen molar-refractivity contribution in [1.29, 1.82) is 0 Å². The van der Waals surface area contributed by atoms with Gasteiger partial charge in [0.05, 0.1) is 11.7 Å². The van der Waals surface area contributed by atoms with Crippen molar-refractivity contribution in [3.63, 3.8) is 0 Å². The van der Waals surface area contributed by atoms with Crippen LogP contribution >= 0.6 is 0 Å². The summed E-state index contributed by atoms with van der Waals surface area (Å²) in [5.41, 5.74) is 1.68. The number of piperidine rings is 1. The highest BCUT2D eigenvalue weighted by Gasteiger charge is 2.38. The Hall–Kier alpha value is -1.88. The van der Waals surface area contributed by atoms with Crippen molar-refractivity contribution in [2.75, 3.05) is 19.6 Å². The minimum atomic E-state index is 0.0295. The third kappa shape index (κ3) is 1.81. The van der Waals surface area contributed by atoms with E-state index in [4.69, 9.17) is 0 Å². The average Bonchev–Trinajstić information content (AvgIpc) is 3.13. The molecule has 5 nitrogen and oxygen atoms in total. The molecule has 2 aliphatic rings. The lowest BCUT2D eigenvalue weighted by atomic mass is 9.99. The number of aromatic nitrogens is 2. The molecule has 2 aromatic rings. The summed E-state index contributed by atoms with van der Waals surface area (Å²) >= 11 is 0. The van der Waals surface area contributed by atoms with Crippen molar-refractivity contribution >= 4 is 16.8 Å². The number of fused-ring (bicyclic) bond motifs is 3. The minimum Gasteiger partial charge on any atom is -0.348 e. The molecule has 2 saturated heterocycles. The van der Waals surface area contributed by atoms with E-state index in [-0.39, 0.29) is 5.91 Å². The zero-order valence-corrected chi connectivity index (χ0v) is 10.6. The van der Waals surface area contributed by atoms with E-state index in [0.717, 1.165) is 24.0 Å². The lowest BCUT2D eigenvalue weighted by molar-refractivity contribution is 0.0924. The van der Waals surface area contributed by atoms with Crippen LogP contribution in [-0.2, 0) is 0 Å². The molecule has 98 valence electrons. The first-order chi connectivity index (χ1) is 9.29. The fourth-order valence-electron chi connectivity index (χ4n) is 3.28. The number of nitrogens with zero attached hydrogens (tertiary/aromatic N) is 2. The molecule has 1 amide bonds. The van der Waals surface area contributed by atoms with E-state index in [9.17, 15) is 4.79 Å². The van der Waals surface area contributed by atoms with E-state index in [1.807, 2.05) is 18.2 Å². The summed E-state index contributed by atoms with van der Waals surface area (Å²) in [5.74, 6) is 0.670. The molecular weight excluding hydrogens is 240 g/mol. The number of nitrogens with one attached hydrogen (secondary N) is 2. The van der Waals surface area contributed by atoms with Crippen molar-refractivity contribution in [3.8, 4) is 0 Å². The molecule has 4 rings (SSSR count). The summed E-state index contributed by atoms with van der Waals surface area (Å²) in [4.78, 5) is 14.7. The normalized spacial score (nSPS) is 28.9. The number of hydrogen-bond donors (Lipinski definition) is 2. The van der Waals surface area contributed by atoms with Gasteiger partial charge >= 0.3 is 0 Å². The molecule has 2 fully saturated rings. The predicted molar refractivity (Wildman–Crippen MR) is 71.9 cm³/mol. The molecule has 2 aliphatic heterocycles. The van der Waals surface area contributed by atoms with Crippen molar-refractivity contribution in [2.45, 2.75) is 12.5 Å². The first-order valence-electron chi connectivity index (χ1n) is 6.76. The fourth-order valence-corrected chi connectivity index (χ4v) is 3.28. The van der Waals surface area contributed by atoms with Crippen molar-refractivity contribution < 1.29 is 4.79 Å². The third-order valence-corrected chi connectivity index (χ3v) is 4.35. The average molecular weight is 256 g/mol. The highest BCUT2D eigenvalue weighted by Crippen LogP contribution is 2.28. The number of benzene rings is 1.